The standard InChI is InChI=1S/C17H27N5S/c1-5-18-16(19-9-8-14-11-21-22(4)12-14)20-13-17(2,3)15-7-6-10-23-15/h6-7,10-12H,5,8-9,13H2,1-4H3,(H2,18,19,20). The van der Waals surface area contributed by atoms with Crippen LogP contribution in [0.4, 0.5) is 0 Å². The van der Waals surface area contributed by atoms with Gasteiger partial charge in [0.2, 0.25) is 0 Å². The predicted octanol–water partition coefficient (Wildman–Crippen LogP) is 2.56. The smallest absolute Gasteiger partial charge is 0.191 e. The first kappa shape index (κ1) is 17.5. The Morgan fingerprint density at radius 3 is 2.83 bits per heavy atom. The fraction of sp³-hybridized carbons (Fsp3) is 0.529. The van der Waals surface area contributed by atoms with Crippen molar-refractivity contribution in [3.05, 3.63) is 40.3 Å². The van der Waals surface area contributed by atoms with Crippen molar-refractivity contribution in [2.24, 2.45) is 12.0 Å². The highest BCUT2D eigenvalue weighted by molar-refractivity contribution is 7.10. The fourth-order valence-corrected chi connectivity index (χ4v) is 3.13. The molecule has 2 heterocycles. The van der Waals surface area contributed by atoms with Gasteiger partial charge in [0.15, 0.2) is 5.96 Å². The molecule has 2 aromatic rings. The second kappa shape index (κ2) is 8.15. The summed E-state index contributed by atoms with van der Waals surface area (Å²) in [6.07, 6.45) is 4.89. The minimum absolute atomic E-state index is 0.0554. The van der Waals surface area contributed by atoms with Crippen LogP contribution in [-0.4, -0.2) is 35.4 Å². The monoisotopic (exact) mass is 333 g/mol. The number of aromatic nitrogens is 2. The summed E-state index contributed by atoms with van der Waals surface area (Å²) in [4.78, 5) is 6.13. The number of hydrogen-bond acceptors (Lipinski definition) is 3. The minimum Gasteiger partial charge on any atom is -0.357 e. The van der Waals surface area contributed by atoms with Gasteiger partial charge in [-0.25, -0.2) is 0 Å². The summed E-state index contributed by atoms with van der Waals surface area (Å²) >= 11 is 1.79. The van der Waals surface area contributed by atoms with E-state index in [4.69, 9.17) is 4.99 Å². The second-order valence-corrected chi connectivity index (χ2v) is 7.20. The van der Waals surface area contributed by atoms with Crippen LogP contribution in [0.25, 0.3) is 0 Å². The molecule has 0 saturated heterocycles. The maximum absolute atomic E-state index is 4.76. The zero-order valence-corrected chi connectivity index (χ0v) is 15.3. The molecule has 6 heteroatoms. The number of nitrogens with zero attached hydrogens (tertiary/aromatic N) is 3. The number of aryl methyl sites for hydroxylation is 1. The molecule has 0 bridgehead atoms. The molecule has 2 aromatic heterocycles. The molecular formula is C17H27N5S. The molecule has 0 radical (unpaired) electrons. The van der Waals surface area contributed by atoms with Crippen molar-refractivity contribution in [3.8, 4) is 0 Å². The number of rotatable bonds is 7. The molecule has 0 spiro atoms. The highest BCUT2D eigenvalue weighted by Crippen LogP contribution is 2.27. The van der Waals surface area contributed by atoms with Crippen LogP contribution in [0.15, 0.2) is 34.9 Å². The molecular weight excluding hydrogens is 306 g/mol. The largest absolute Gasteiger partial charge is 0.357 e. The molecule has 126 valence electrons. The lowest BCUT2D eigenvalue weighted by Gasteiger charge is -2.21. The van der Waals surface area contributed by atoms with Gasteiger partial charge >= 0.3 is 0 Å². The normalized spacial score (nSPS) is 12.4. The third-order valence-corrected chi connectivity index (χ3v) is 4.87. The van der Waals surface area contributed by atoms with Gasteiger partial charge in [-0.15, -0.1) is 11.3 Å². The number of guanidine groups is 1. The van der Waals surface area contributed by atoms with Crippen LogP contribution < -0.4 is 10.6 Å². The highest BCUT2D eigenvalue weighted by atomic mass is 32.1. The van der Waals surface area contributed by atoms with E-state index in [2.05, 4.69) is 54.0 Å². The molecule has 0 aliphatic carbocycles. The third-order valence-electron chi connectivity index (χ3n) is 3.63. The third kappa shape index (κ3) is 5.39. The Kier molecular flexibility index (Phi) is 6.21. The van der Waals surface area contributed by atoms with Gasteiger partial charge in [-0.05, 0) is 30.4 Å². The van der Waals surface area contributed by atoms with Gasteiger partial charge in [-0.3, -0.25) is 9.67 Å². The van der Waals surface area contributed by atoms with Gasteiger partial charge in [-0.2, -0.15) is 5.10 Å². The molecule has 0 aliphatic rings. The number of nitrogens with one attached hydrogen (secondary N) is 2. The molecule has 2 rings (SSSR count). The highest BCUT2D eigenvalue weighted by Gasteiger charge is 2.21. The van der Waals surface area contributed by atoms with E-state index in [1.807, 2.05) is 24.1 Å². The first-order chi connectivity index (χ1) is 11.0. The van der Waals surface area contributed by atoms with Crippen LogP contribution in [0, 0.1) is 0 Å². The van der Waals surface area contributed by atoms with Crippen molar-refractivity contribution < 1.29 is 0 Å². The summed E-state index contributed by atoms with van der Waals surface area (Å²) in [7, 11) is 1.94. The lowest BCUT2D eigenvalue weighted by atomic mass is 9.92. The van der Waals surface area contributed by atoms with E-state index in [1.54, 1.807) is 11.3 Å². The zero-order valence-electron chi connectivity index (χ0n) is 14.5. The Bertz CT molecular complexity index is 613. The molecule has 2 N–H and O–H groups in total. The van der Waals surface area contributed by atoms with E-state index in [9.17, 15) is 0 Å². The molecule has 0 aromatic carbocycles. The van der Waals surface area contributed by atoms with Crippen LogP contribution in [0.5, 0.6) is 0 Å². The van der Waals surface area contributed by atoms with E-state index in [0.29, 0.717) is 0 Å². The Balaban J connectivity index is 1.89. The van der Waals surface area contributed by atoms with Crippen LogP contribution in [0.2, 0.25) is 0 Å². The molecule has 0 saturated carbocycles. The molecule has 0 unspecified atom stereocenters. The lowest BCUT2D eigenvalue weighted by Crippen LogP contribution is -2.39. The lowest BCUT2D eigenvalue weighted by molar-refractivity contribution is 0.548. The SMILES string of the molecule is CCNC(=NCC(C)(C)c1cccs1)NCCc1cnn(C)c1. The van der Waals surface area contributed by atoms with Crippen LogP contribution in [0.3, 0.4) is 0 Å². The van der Waals surface area contributed by atoms with E-state index < -0.39 is 0 Å². The van der Waals surface area contributed by atoms with E-state index in [-0.39, 0.29) is 5.41 Å². The summed E-state index contributed by atoms with van der Waals surface area (Å²) < 4.78 is 1.83. The van der Waals surface area contributed by atoms with Crippen LogP contribution in [-0.2, 0) is 18.9 Å². The molecule has 5 nitrogen and oxygen atoms in total. The van der Waals surface area contributed by atoms with Crippen molar-refractivity contribution in [2.45, 2.75) is 32.6 Å². The predicted molar refractivity (Wildman–Crippen MR) is 98.2 cm³/mol. The summed E-state index contributed by atoms with van der Waals surface area (Å²) in [6.45, 7) is 9.02. The van der Waals surface area contributed by atoms with Gasteiger partial charge in [0.05, 0.1) is 12.7 Å². The summed E-state index contributed by atoms with van der Waals surface area (Å²) in [5.41, 5.74) is 1.29. The Labute approximate surface area is 142 Å². The van der Waals surface area contributed by atoms with Crippen molar-refractivity contribution in [3.63, 3.8) is 0 Å². The van der Waals surface area contributed by atoms with E-state index in [0.717, 1.165) is 32.0 Å². The van der Waals surface area contributed by atoms with Gasteiger partial charge < -0.3 is 10.6 Å². The summed E-state index contributed by atoms with van der Waals surface area (Å²) in [5.74, 6) is 0.876. The van der Waals surface area contributed by atoms with Crippen molar-refractivity contribution in [2.75, 3.05) is 19.6 Å². The quantitative estimate of drug-likeness (QED) is 0.605. The van der Waals surface area contributed by atoms with Gasteiger partial charge in [-0.1, -0.05) is 19.9 Å². The van der Waals surface area contributed by atoms with Crippen LogP contribution in [0.1, 0.15) is 31.2 Å². The second-order valence-electron chi connectivity index (χ2n) is 6.26. The Morgan fingerprint density at radius 2 is 2.22 bits per heavy atom. The summed E-state index contributed by atoms with van der Waals surface area (Å²) in [5, 5.41) is 13.0. The molecule has 23 heavy (non-hydrogen) atoms. The Hall–Kier alpha value is -1.82. The molecule has 0 atom stereocenters. The van der Waals surface area contributed by atoms with Crippen molar-refractivity contribution in [1.82, 2.24) is 20.4 Å². The van der Waals surface area contributed by atoms with Crippen molar-refractivity contribution >= 4 is 17.3 Å². The number of thiophene rings is 1. The molecule has 0 aliphatic heterocycles. The van der Waals surface area contributed by atoms with Gasteiger partial charge in [0, 0.05) is 36.6 Å². The van der Waals surface area contributed by atoms with Crippen LogP contribution >= 0.6 is 11.3 Å². The number of hydrogen-bond donors (Lipinski definition) is 2. The minimum atomic E-state index is 0.0554. The Morgan fingerprint density at radius 1 is 1.39 bits per heavy atom. The molecule has 0 fully saturated rings. The zero-order chi connectivity index (χ0) is 16.7. The topological polar surface area (TPSA) is 54.2 Å². The number of aliphatic imine (C=N–C) groups is 1. The van der Waals surface area contributed by atoms with E-state index in [1.165, 1.54) is 10.4 Å². The summed E-state index contributed by atoms with van der Waals surface area (Å²) in [6, 6.07) is 4.28. The fourth-order valence-electron chi connectivity index (χ4n) is 2.29. The van der Waals surface area contributed by atoms with Crippen molar-refractivity contribution in [1.29, 1.82) is 0 Å². The molecule has 0 amide bonds. The maximum atomic E-state index is 4.76. The first-order valence-corrected chi connectivity index (χ1v) is 8.93. The average Bonchev–Trinajstić information content (AvgIpc) is 3.17. The van der Waals surface area contributed by atoms with Gasteiger partial charge in [0.25, 0.3) is 0 Å². The van der Waals surface area contributed by atoms with Gasteiger partial charge in [0.1, 0.15) is 0 Å². The maximum Gasteiger partial charge on any atom is 0.191 e. The first-order valence-electron chi connectivity index (χ1n) is 8.05. The average molecular weight is 334 g/mol. The van der Waals surface area contributed by atoms with E-state index >= 15 is 0 Å².